The highest BCUT2D eigenvalue weighted by atomic mass is 16.2. The van der Waals surface area contributed by atoms with Crippen LogP contribution in [0.4, 0.5) is 11.4 Å². The van der Waals surface area contributed by atoms with Gasteiger partial charge in [0.05, 0.1) is 11.4 Å². The number of carbonyl (C=O) groups excluding carboxylic acids is 2. The minimum atomic E-state index is -0.671. The number of benzene rings is 1. The topological polar surface area (TPSA) is 88.7 Å². The van der Waals surface area contributed by atoms with Crippen LogP contribution in [0.25, 0.3) is 5.65 Å². The third kappa shape index (κ3) is 2.38. The summed E-state index contributed by atoms with van der Waals surface area (Å²) < 4.78 is 2.48. The number of hydrogen-bond acceptors (Lipinski definition) is 4. The average molecular weight is 337 g/mol. The SMILES string of the molecule is CC1C(=O)Nc2ccccc2N1C(=O)Cn1nc2ccccn2c1=O. The summed E-state index contributed by atoms with van der Waals surface area (Å²) in [6.45, 7) is 1.40. The minimum Gasteiger partial charge on any atom is -0.322 e. The van der Waals surface area contributed by atoms with E-state index in [1.54, 1.807) is 55.6 Å². The fourth-order valence-electron chi connectivity index (χ4n) is 2.98. The number of para-hydroxylation sites is 2. The zero-order chi connectivity index (χ0) is 17.6. The second-order valence-electron chi connectivity index (χ2n) is 5.82. The smallest absolute Gasteiger partial charge is 0.322 e. The van der Waals surface area contributed by atoms with E-state index in [9.17, 15) is 14.4 Å². The highest BCUT2D eigenvalue weighted by Gasteiger charge is 2.33. The molecule has 2 aromatic heterocycles. The van der Waals surface area contributed by atoms with Crippen LogP contribution in [0.5, 0.6) is 0 Å². The number of aromatic nitrogens is 3. The van der Waals surface area contributed by atoms with Crippen molar-refractivity contribution in [2.45, 2.75) is 19.5 Å². The number of carbonyl (C=O) groups is 2. The van der Waals surface area contributed by atoms with Crippen LogP contribution in [0.1, 0.15) is 6.92 Å². The van der Waals surface area contributed by atoms with Crippen molar-refractivity contribution >= 4 is 28.8 Å². The number of nitrogens with zero attached hydrogens (tertiary/aromatic N) is 4. The molecule has 1 unspecified atom stereocenters. The predicted molar refractivity (Wildman–Crippen MR) is 91.5 cm³/mol. The summed E-state index contributed by atoms with van der Waals surface area (Å²) in [6.07, 6.45) is 1.60. The van der Waals surface area contributed by atoms with E-state index in [1.807, 2.05) is 0 Å². The van der Waals surface area contributed by atoms with Gasteiger partial charge in [0.2, 0.25) is 11.8 Å². The van der Waals surface area contributed by atoms with E-state index < -0.39 is 11.7 Å². The van der Waals surface area contributed by atoms with Crippen molar-refractivity contribution in [3.8, 4) is 0 Å². The number of anilines is 2. The number of nitrogens with one attached hydrogen (secondary N) is 1. The van der Waals surface area contributed by atoms with Crippen molar-refractivity contribution in [2.75, 3.05) is 10.2 Å². The summed E-state index contributed by atoms with van der Waals surface area (Å²) in [7, 11) is 0. The Morgan fingerprint density at radius 2 is 1.92 bits per heavy atom. The molecule has 1 aliphatic heterocycles. The molecule has 4 rings (SSSR count). The molecule has 0 radical (unpaired) electrons. The van der Waals surface area contributed by atoms with Gasteiger partial charge >= 0.3 is 5.69 Å². The maximum atomic E-state index is 12.9. The van der Waals surface area contributed by atoms with Gasteiger partial charge in [-0.3, -0.25) is 18.9 Å². The zero-order valence-electron chi connectivity index (χ0n) is 13.4. The summed E-state index contributed by atoms with van der Waals surface area (Å²) in [4.78, 5) is 38.7. The van der Waals surface area contributed by atoms with Gasteiger partial charge in [-0.25, -0.2) is 9.48 Å². The van der Waals surface area contributed by atoms with E-state index in [4.69, 9.17) is 0 Å². The Kier molecular flexibility index (Phi) is 3.38. The van der Waals surface area contributed by atoms with Crippen molar-refractivity contribution in [2.24, 2.45) is 0 Å². The molecule has 1 atom stereocenters. The van der Waals surface area contributed by atoms with E-state index >= 15 is 0 Å². The summed E-state index contributed by atoms with van der Waals surface area (Å²) in [6, 6.07) is 11.6. The molecule has 0 fully saturated rings. The lowest BCUT2D eigenvalue weighted by Gasteiger charge is -2.34. The molecule has 3 heterocycles. The third-order valence-electron chi connectivity index (χ3n) is 4.23. The van der Waals surface area contributed by atoms with Crippen LogP contribution in [0.3, 0.4) is 0 Å². The number of rotatable bonds is 2. The van der Waals surface area contributed by atoms with Gasteiger partial charge in [0.15, 0.2) is 5.65 Å². The standard InChI is InChI=1S/C17H15N5O3/c1-11-16(24)18-12-6-2-3-7-13(12)22(11)15(23)10-21-17(25)20-9-5-4-8-14(20)19-21/h2-9,11H,10H2,1H3,(H,18,24). The van der Waals surface area contributed by atoms with Crippen molar-refractivity contribution in [3.05, 3.63) is 59.1 Å². The molecule has 126 valence electrons. The van der Waals surface area contributed by atoms with Gasteiger partial charge < -0.3 is 5.32 Å². The van der Waals surface area contributed by atoms with Gasteiger partial charge in [0.25, 0.3) is 0 Å². The molecule has 8 nitrogen and oxygen atoms in total. The fraction of sp³-hybridized carbons (Fsp3) is 0.176. The molecule has 0 bridgehead atoms. The predicted octanol–water partition coefficient (Wildman–Crippen LogP) is 0.870. The van der Waals surface area contributed by atoms with Gasteiger partial charge in [0.1, 0.15) is 12.6 Å². The lowest BCUT2D eigenvalue weighted by Crippen LogP contribution is -2.51. The molecule has 0 saturated heterocycles. The van der Waals surface area contributed by atoms with Gasteiger partial charge in [-0.15, -0.1) is 5.10 Å². The van der Waals surface area contributed by atoms with Crippen LogP contribution < -0.4 is 15.9 Å². The first-order valence-electron chi connectivity index (χ1n) is 7.82. The lowest BCUT2D eigenvalue weighted by molar-refractivity contribution is -0.124. The molecule has 25 heavy (non-hydrogen) atoms. The van der Waals surface area contributed by atoms with E-state index in [0.29, 0.717) is 17.0 Å². The second kappa shape index (κ2) is 5.59. The highest BCUT2D eigenvalue weighted by molar-refractivity contribution is 6.11. The Morgan fingerprint density at radius 1 is 1.16 bits per heavy atom. The molecular formula is C17H15N5O3. The van der Waals surface area contributed by atoms with Crippen LogP contribution >= 0.6 is 0 Å². The maximum Gasteiger partial charge on any atom is 0.350 e. The van der Waals surface area contributed by atoms with E-state index in [-0.39, 0.29) is 18.4 Å². The Labute approximate surface area is 142 Å². The first-order chi connectivity index (χ1) is 12.1. The summed E-state index contributed by atoms with van der Waals surface area (Å²) >= 11 is 0. The van der Waals surface area contributed by atoms with Crippen molar-refractivity contribution < 1.29 is 9.59 Å². The summed E-state index contributed by atoms with van der Waals surface area (Å²) in [5.74, 6) is -0.644. The molecule has 0 saturated carbocycles. The Hall–Kier alpha value is -3.42. The van der Waals surface area contributed by atoms with E-state index in [1.165, 1.54) is 9.30 Å². The lowest BCUT2D eigenvalue weighted by atomic mass is 10.1. The van der Waals surface area contributed by atoms with Crippen LogP contribution in [0.2, 0.25) is 0 Å². The molecule has 8 heteroatoms. The second-order valence-corrected chi connectivity index (χ2v) is 5.82. The highest BCUT2D eigenvalue weighted by Crippen LogP contribution is 2.31. The van der Waals surface area contributed by atoms with Crippen LogP contribution in [-0.4, -0.2) is 32.0 Å². The summed E-state index contributed by atoms with van der Waals surface area (Å²) in [5, 5.41) is 6.94. The molecule has 3 aromatic rings. The van der Waals surface area contributed by atoms with Crippen molar-refractivity contribution in [1.29, 1.82) is 0 Å². The van der Waals surface area contributed by atoms with Gasteiger partial charge in [-0.05, 0) is 31.2 Å². The number of hydrogen-bond donors (Lipinski definition) is 1. The fourth-order valence-corrected chi connectivity index (χ4v) is 2.98. The summed E-state index contributed by atoms with van der Waals surface area (Å²) in [5.41, 5.74) is 1.24. The van der Waals surface area contributed by atoms with Crippen molar-refractivity contribution in [1.82, 2.24) is 14.2 Å². The maximum absolute atomic E-state index is 12.9. The van der Waals surface area contributed by atoms with Crippen LogP contribution in [0.15, 0.2) is 53.5 Å². The monoisotopic (exact) mass is 337 g/mol. The zero-order valence-corrected chi connectivity index (χ0v) is 13.4. The number of fused-ring (bicyclic) bond motifs is 2. The molecular weight excluding hydrogens is 322 g/mol. The van der Waals surface area contributed by atoms with E-state index in [2.05, 4.69) is 10.4 Å². The number of pyridine rings is 1. The minimum absolute atomic E-state index is 0.244. The normalized spacial score (nSPS) is 16.6. The number of amides is 2. The first kappa shape index (κ1) is 15.1. The quantitative estimate of drug-likeness (QED) is 0.751. The molecule has 1 aliphatic rings. The molecule has 1 aromatic carbocycles. The average Bonchev–Trinajstić information content (AvgIpc) is 2.92. The Balaban J connectivity index is 1.72. The molecule has 2 amide bonds. The molecule has 0 aliphatic carbocycles. The van der Waals surface area contributed by atoms with E-state index in [0.717, 1.165) is 4.68 Å². The van der Waals surface area contributed by atoms with Gasteiger partial charge in [-0.2, -0.15) is 0 Å². The van der Waals surface area contributed by atoms with Crippen LogP contribution in [-0.2, 0) is 16.1 Å². The Bertz CT molecular complexity index is 1050. The molecule has 1 N–H and O–H groups in total. The molecule has 0 spiro atoms. The third-order valence-corrected chi connectivity index (χ3v) is 4.23. The first-order valence-corrected chi connectivity index (χ1v) is 7.82. The van der Waals surface area contributed by atoms with Gasteiger partial charge in [0, 0.05) is 6.20 Å². The van der Waals surface area contributed by atoms with Crippen molar-refractivity contribution in [3.63, 3.8) is 0 Å². The Morgan fingerprint density at radius 3 is 2.72 bits per heavy atom. The van der Waals surface area contributed by atoms with Gasteiger partial charge in [-0.1, -0.05) is 18.2 Å². The largest absolute Gasteiger partial charge is 0.350 e. The van der Waals surface area contributed by atoms with Crippen LogP contribution in [0, 0.1) is 0 Å².